The summed E-state index contributed by atoms with van der Waals surface area (Å²) in [7, 11) is 0. The second kappa shape index (κ2) is 5.22. The fourth-order valence-corrected chi connectivity index (χ4v) is 3.54. The molecule has 20 heavy (non-hydrogen) atoms. The second-order valence-electron chi connectivity index (χ2n) is 5.26. The van der Waals surface area contributed by atoms with E-state index >= 15 is 0 Å². The predicted octanol–water partition coefficient (Wildman–Crippen LogP) is 5.50. The Kier molecular flexibility index (Phi) is 3.41. The molecule has 0 atom stereocenters. The normalized spacial score (nSPS) is 11.2. The number of hydrogen-bond acceptors (Lipinski definition) is 2. The van der Waals surface area contributed by atoms with Gasteiger partial charge in [-0.3, -0.25) is 4.79 Å². The largest absolute Gasteiger partial charge is 0.298 e. The summed E-state index contributed by atoms with van der Waals surface area (Å²) in [6.07, 6.45) is 0.979. The summed E-state index contributed by atoms with van der Waals surface area (Å²) in [6.45, 7) is 4.37. The van der Waals surface area contributed by atoms with E-state index in [1.165, 1.54) is 10.4 Å². The van der Waals surface area contributed by atoms with Crippen molar-refractivity contribution >= 4 is 28.4 Å². The van der Waals surface area contributed by atoms with Gasteiger partial charge in [0.05, 0.1) is 0 Å². The van der Waals surface area contributed by atoms with Crippen LogP contribution in [0.25, 0.3) is 21.2 Å². The number of rotatable bonds is 3. The van der Waals surface area contributed by atoms with Crippen molar-refractivity contribution in [3.05, 3.63) is 59.0 Å². The zero-order valence-corrected chi connectivity index (χ0v) is 12.4. The molecule has 0 N–H and O–H groups in total. The first-order valence-electron chi connectivity index (χ1n) is 6.76. The Morgan fingerprint density at radius 2 is 1.90 bits per heavy atom. The Labute approximate surface area is 122 Å². The highest BCUT2D eigenvalue weighted by Crippen LogP contribution is 2.35. The van der Waals surface area contributed by atoms with Crippen molar-refractivity contribution in [2.45, 2.75) is 19.8 Å². The molecule has 0 aliphatic rings. The Hall–Kier alpha value is -1.93. The summed E-state index contributed by atoms with van der Waals surface area (Å²) in [4.78, 5) is 12.7. The molecule has 2 aromatic carbocycles. The van der Waals surface area contributed by atoms with Gasteiger partial charge in [0.1, 0.15) is 0 Å². The molecule has 2 heteroatoms. The Morgan fingerprint density at radius 1 is 1.10 bits per heavy atom. The maximum atomic E-state index is 11.6. The first-order chi connectivity index (χ1) is 9.70. The summed E-state index contributed by atoms with van der Waals surface area (Å²) < 4.78 is 0. The number of benzene rings is 2. The van der Waals surface area contributed by atoms with Crippen molar-refractivity contribution in [2.75, 3.05) is 0 Å². The smallest absolute Gasteiger partial charge is 0.151 e. The van der Waals surface area contributed by atoms with Crippen molar-refractivity contribution in [3.63, 3.8) is 0 Å². The molecule has 3 aromatic rings. The van der Waals surface area contributed by atoms with Crippen LogP contribution in [0.3, 0.4) is 0 Å². The van der Waals surface area contributed by atoms with E-state index in [-0.39, 0.29) is 0 Å². The summed E-state index contributed by atoms with van der Waals surface area (Å²) in [5.74, 6) is 0.514. The Morgan fingerprint density at radius 3 is 2.60 bits per heavy atom. The summed E-state index contributed by atoms with van der Waals surface area (Å²) in [5.41, 5.74) is 3.16. The van der Waals surface area contributed by atoms with Gasteiger partial charge in [-0.2, -0.15) is 0 Å². The maximum Gasteiger partial charge on any atom is 0.151 e. The predicted molar refractivity (Wildman–Crippen MR) is 86.7 cm³/mol. The quantitative estimate of drug-likeness (QED) is 0.579. The molecule has 1 aromatic heterocycles. The number of carbonyl (C=O) groups is 1. The monoisotopic (exact) mass is 280 g/mol. The van der Waals surface area contributed by atoms with E-state index in [9.17, 15) is 4.79 Å². The molecule has 0 amide bonds. The van der Waals surface area contributed by atoms with Gasteiger partial charge in [0.15, 0.2) is 6.29 Å². The van der Waals surface area contributed by atoms with Gasteiger partial charge in [-0.25, -0.2) is 0 Å². The number of thiophene rings is 1. The summed E-state index contributed by atoms with van der Waals surface area (Å²) in [6, 6.07) is 14.4. The number of fused-ring (bicyclic) bond motifs is 1. The summed E-state index contributed by atoms with van der Waals surface area (Å²) in [5, 5.41) is 4.32. The van der Waals surface area contributed by atoms with Gasteiger partial charge in [-0.15, -0.1) is 11.3 Å². The van der Waals surface area contributed by atoms with Crippen LogP contribution in [0.2, 0.25) is 0 Å². The second-order valence-corrected chi connectivity index (χ2v) is 6.18. The van der Waals surface area contributed by atoms with Gasteiger partial charge in [0.2, 0.25) is 0 Å². The summed E-state index contributed by atoms with van der Waals surface area (Å²) >= 11 is 1.71. The lowest BCUT2D eigenvalue weighted by Gasteiger charge is -2.07. The van der Waals surface area contributed by atoms with Gasteiger partial charge in [-0.05, 0) is 33.7 Å². The molecule has 0 saturated carbocycles. The van der Waals surface area contributed by atoms with Crippen molar-refractivity contribution < 1.29 is 4.79 Å². The average Bonchev–Trinajstić information content (AvgIpc) is 2.95. The van der Waals surface area contributed by atoms with Gasteiger partial charge in [0.25, 0.3) is 0 Å². The van der Waals surface area contributed by atoms with Gasteiger partial charge >= 0.3 is 0 Å². The van der Waals surface area contributed by atoms with Crippen LogP contribution in [0, 0.1) is 0 Å². The van der Waals surface area contributed by atoms with E-state index in [4.69, 9.17) is 0 Å². The maximum absolute atomic E-state index is 11.6. The van der Waals surface area contributed by atoms with E-state index in [1.807, 2.05) is 24.3 Å². The minimum Gasteiger partial charge on any atom is -0.298 e. The molecule has 0 aliphatic heterocycles. The molecule has 0 saturated heterocycles. The molecular formula is C18H16OS. The molecule has 0 aliphatic carbocycles. The topological polar surface area (TPSA) is 17.1 Å². The van der Waals surface area contributed by atoms with Crippen LogP contribution in [0.5, 0.6) is 0 Å². The van der Waals surface area contributed by atoms with E-state index in [0.717, 1.165) is 28.2 Å². The minimum atomic E-state index is 0.514. The molecule has 0 radical (unpaired) electrons. The van der Waals surface area contributed by atoms with Gasteiger partial charge < -0.3 is 0 Å². The molecule has 100 valence electrons. The Bertz CT molecular complexity index is 768. The molecule has 1 nitrogen and oxygen atoms in total. The van der Waals surface area contributed by atoms with E-state index in [1.54, 1.807) is 11.3 Å². The first-order valence-corrected chi connectivity index (χ1v) is 7.64. The third-order valence-corrected chi connectivity index (χ3v) is 4.62. The molecular weight excluding hydrogens is 264 g/mol. The highest BCUT2D eigenvalue weighted by atomic mass is 32.1. The standard InChI is InChI=1S/C18H16OS/c1-12(2)14-9-18(20-11-14)16-8-7-13-5-3-4-6-15(13)17(16)10-19/h3-12H,1-2H3. The van der Waals surface area contributed by atoms with Crippen LogP contribution >= 0.6 is 11.3 Å². The average molecular weight is 280 g/mol. The third-order valence-electron chi connectivity index (χ3n) is 3.64. The van der Waals surface area contributed by atoms with Gasteiger partial charge in [-0.1, -0.05) is 50.2 Å². The van der Waals surface area contributed by atoms with E-state index < -0.39 is 0 Å². The highest BCUT2D eigenvalue weighted by molar-refractivity contribution is 7.13. The zero-order valence-electron chi connectivity index (χ0n) is 11.6. The van der Waals surface area contributed by atoms with Crippen LogP contribution in [0.1, 0.15) is 35.7 Å². The fourth-order valence-electron chi connectivity index (χ4n) is 2.43. The van der Waals surface area contributed by atoms with Crippen molar-refractivity contribution in [1.82, 2.24) is 0 Å². The lowest BCUT2D eigenvalue weighted by Crippen LogP contribution is -1.88. The van der Waals surface area contributed by atoms with Crippen LogP contribution in [0.4, 0.5) is 0 Å². The number of hydrogen-bond donors (Lipinski definition) is 0. The first kappa shape index (κ1) is 13.1. The molecule has 0 fully saturated rings. The molecule has 0 bridgehead atoms. The van der Waals surface area contributed by atoms with Crippen LogP contribution in [0.15, 0.2) is 47.8 Å². The molecule has 3 rings (SSSR count). The third kappa shape index (κ3) is 2.16. The van der Waals surface area contributed by atoms with Crippen molar-refractivity contribution in [1.29, 1.82) is 0 Å². The molecule has 0 spiro atoms. The molecule has 1 heterocycles. The lowest BCUT2D eigenvalue weighted by atomic mass is 9.98. The number of aldehydes is 1. The number of carbonyl (C=O) groups excluding carboxylic acids is 1. The zero-order chi connectivity index (χ0) is 14.1. The molecule has 0 unspecified atom stereocenters. The van der Waals surface area contributed by atoms with E-state index in [2.05, 4.69) is 37.4 Å². The van der Waals surface area contributed by atoms with Crippen LogP contribution < -0.4 is 0 Å². The SMILES string of the molecule is CC(C)c1csc(-c2ccc3ccccc3c2C=O)c1. The lowest BCUT2D eigenvalue weighted by molar-refractivity contribution is 0.112. The van der Waals surface area contributed by atoms with Crippen LogP contribution in [-0.4, -0.2) is 6.29 Å². The van der Waals surface area contributed by atoms with Crippen LogP contribution in [-0.2, 0) is 0 Å². The van der Waals surface area contributed by atoms with Crippen molar-refractivity contribution in [3.8, 4) is 10.4 Å². The Balaban J connectivity index is 2.22. The highest BCUT2D eigenvalue weighted by Gasteiger charge is 2.11. The fraction of sp³-hybridized carbons (Fsp3) is 0.167. The van der Waals surface area contributed by atoms with E-state index in [0.29, 0.717) is 5.92 Å². The van der Waals surface area contributed by atoms with Crippen molar-refractivity contribution in [2.24, 2.45) is 0 Å². The minimum absolute atomic E-state index is 0.514. The van der Waals surface area contributed by atoms with Gasteiger partial charge in [0, 0.05) is 16.0 Å².